The van der Waals surface area contributed by atoms with Gasteiger partial charge >= 0.3 is 0 Å². The van der Waals surface area contributed by atoms with Crippen molar-refractivity contribution in [3.63, 3.8) is 0 Å². The van der Waals surface area contributed by atoms with Gasteiger partial charge in [-0.1, -0.05) is 33.1 Å². The molecule has 2 rings (SSSR count). The van der Waals surface area contributed by atoms with Gasteiger partial charge in [0.1, 0.15) is 0 Å². The van der Waals surface area contributed by atoms with Gasteiger partial charge in [-0.05, 0) is 47.0 Å². The summed E-state index contributed by atoms with van der Waals surface area (Å²) in [5, 5.41) is 3.03. The molecule has 0 radical (unpaired) electrons. The smallest absolute Gasteiger partial charge is 0.252 e. The van der Waals surface area contributed by atoms with Crippen molar-refractivity contribution in [3.05, 3.63) is 28.2 Å². The van der Waals surface area contributed by atoms with E-state index in [1.54, 1.807) is 19.9 Å². The molecule has 7 heteroatoms. The third-order valence-electron chi connectivity index (χ3n) is 4.47. The van der Waals surface area contributed by atoms with Crippen molar-refractivity contribution in [1.82, 2.24) is 9.62 Å². The molecule has 1 aliphatic rings. The van der Waals surface area contributed by atoms with Crippen LogP contribution in [-0.2, 0) is 10.0 Å². The maximum absolute atomic E-state index is 12.6. The average Bonchev–Trinajstić information content (AvgIpc) is 2.56. The fourth-order valence-corrected chi connectivity index (χ4v) is 4.97. The maximum Gasteiger partial charge on any atom is 0.252 e. The van der Waals surface area contributed by atoms with Gasteiger partial charge in [-0.15, -0.1) is 0 Å². The van der Waals surface area contributed by atoms with Crippen LogP contribution in [0.3, 0.4) is 0 Å². The molecule has 0 heterocycles. The Hall–Kier alpha value is -0.920. The highest BCUT2D eigenvalue weighted by Gasteiger charge is 2.24. The minimum atomic E-state index is -3.57. The number of sulfonamides is 1. The number of hydrogen-bond donors (Lipinski definition) is 1. The SMILES string of the molecule is CCN(CC)S(=O)(=O)c1ccc(Br)c(C(=O)NC2CCCCC2)c1. The van der Waals surface area contributed by atoms with Gasteiger partial charge < -0.3 is 5.32 Å². The first-order chi connectivity index (χ1) is 11.4. The summed E-state index contributed by atoms with van der Waals surface area (Å²) in [6.07, 6.45) is 5.44. The molecule has 0 aromatic heterocycles. The lowest BCUT2D eigenvalue weighted by atomic mass is 9.95. The molecule has 1 fully saturated rings. The molecular formula is C17H25BrN2O3S. The van der Waals surface area contributed by atoms with Crippen LogP contribution in [-0.4, -0.2) is 37.8 Å². The first-order valence-corrected chi connectivity index (χ1v) is 10.7. The van der Waals surface area contributed by atoms with Crippen LogP contribution in [0.15, 0.2) is 27.6 Å². The zero-order valence-electron chi connectivity index (χ0n) is 14.2. The lowest BCUT2D eigenvalue weighted by molar-refractivity contribution is 0.0926. The summed E-state index contributed by atoms with van der Waals surface area (Å²) in [5.74, 6) is -0.217. The van der Waals surface area contributed by atoms with Crippen LogP contribution in [0, 0.1) is 0 Å². The van der Waals surface area contributed by atoms with Gasteiger partial charge in [0.15, 0.2) is 0 Å². The first kappa shape index (κ1) is 19.4. The van der Waals surface area contributed by atoms with Crippen molar-refractivity contribution in [1.29, 1.82) is 0 Å². The first-order valence-electron chi connectivity index (χ1n) is 8.50. The van der Waals surface area contributed by atoms with Crippen molar-refractivity contribution in [2.45, 2.75) is 56.9 Å². The zero-order chi connectivity index (χ0) is 17.7. The highest BCUT2D eigenvalue weighted by Crippen LogP contribution is 2.24. The molecule has 1 aromatic carbocycles. The number of amides is 1. The Labute approximate surface area is 153 Å². The Kier molecular flexibility index (Phi) is 6.83. The highest BCUT2D eigenvalue weighted by atomic mass is 79.9. The van der Waals surface area contributed by atoms with Crippen molar-refractivity contribution < 1.29 is 13.2 Å². The summed E-state index contributed by atoms with van der Waals surface area (Å²) in [4.78, 5) is 12.7. The summed E-state index contributed by atoms with van der Waals surface area (Å²) >= 11 is 3.36. The van der Waals surface area contributed by atoms with Crippen molar-refractivity contribution in [2.24, 2.45) is 0 Å². The van der Waals surface area contributed by atoms with E-state index in [1.165, 1.54) is 22.9 Å². The molecule has 0 saturated heterocycles. The van der Waals surface area contributed by atoms with E-state index in [2.05, 4.69) is 21.2 Å². The summed E-state index contributed by atoms with van der Waals surface area (Å²) in [5.41, 5.74) is 0.369. The molecule has 5 nitrogen and oxygen atoms in total. The van der Waals surface area contributed by atoms with Crippen LogP contribution in [0.5, 0.6) is 0 Å². The summed E-state index contributed by atoms with van der Waals surface area (Å²) < 4.78 is 27.3. The van der Waals surface area contributed by atoms with Gasteiger partial charge in [-0.2, -0.15) is 4.31 Å². The number of nitrogens with zero attached hydrogens (tertiary/aromatic N) is 1. The lowest BCUT2D eigenvalue weighted by Crippen LogP contribution is -2.36. The third-order valence-corrected chi connectivity index (χ3v) is 7.20. The summed E-state index contributed by atoms with van der Waals surface area (Å²) in [6, 6.07) is 4.82. The standard InChI is InChI=1S/C17H25BrN2O3S/c1-3-20(4-2)24(22,23)14-10-11-16(18)15(12-14)17(21)19-13-8-6-5-7-9-13/h10-13H,3-9H2,1-2H3,(H,19,21). The molecule has 0 bridgehead atoms. The van der Waals surface area contributed by atoms with Crippen LogP contribution >= 0.6 is 15.9 Å². The van der Waals surface area contributed by atoms with E-state index < -0.39 is 10.0 Å². The van der Waals surface area contributed by atoms with E-state index in [4.69, 9.17) is 0 Å². The van der Waals surface area contributed by atoms with Crippen molar-refractivity contribution >= 4 is 31.9 Å². The van der Waals surface area contributed by atoms with Gasteiger partial charge in [-0.3, -0.25) is 4.79 Å². The fourth-order valence-electron chi connectivity index (χ4n) is 3.06. The monoisotopic (exact) mass is 416 g/mol. The lowest BCUT2D eigenvalue weighted by Gasteiger charge is -2.23. The predicted octanol–water partition coefficient (Wildman–Crippen LogP) is 3.54. The normalized spacial score (nSPS) is 16.3. The summed E-state index contributed by atoms with van der Waals surface area (Å²) in [6.45, 7) is 4.41. The zero-order valence-corrected chi connectivity index (χ0v) is 16.6. The largest absolute Gasteiger partial charge is 0.349 e. The van der Waals surface area contributed by atoms with Crippen molar-refractivity contribution in [2.75, 3.05) is 13.1 Å². The topological polar surface area (TPSA) is 66.5 Å². The second-order valence-electron chi connectivity index (χ2n) is 6.04. The Morgan fingerprint density at radius 2 is 1.83 bits per heavy atom. The molecule has 1 aliphatic carbocycles. The third kappa shape index (κ3) is 4.37. The number of carbonyl (C=O) groups is 1. The van der Waals surface area contributed by atoms with Gasteiger partial charge in [0, 0.05) is 23.6 Å². The maximum atomic E-state index is 12.6. The van der Waals surface area contributed by atoms with Crippen LogP contribution in [0.4, 0.5) is 0 Å². The van der Waals surface area contributed by atoms with Crippen LogP contribution in [0.25, 0.3) is 0 Å². The Bertz CT molecular complexity index is 681. The minimum Gasteiger partial charge on any atom is -0.349 e. The predicted molar refractivity (Wildman–Crippen MR) is 98.6 cm³/mol. The van der Waals surface area contributed by atoms with E-state index >= 15 is 0 Å². The van der Waals surface area contributed by atoms with Gasteiger partial charge in [-0.25, -0.2) is 8.42 Å². The number of halogens is 1. The fraction of sp³-hybridized carbons (Fsp3) is 0.588. The van der Waals surface area contributed by atoms with E-state index in [0.29, 0.717) is 23.1 Å². The molecule has 0 spiro atoms. The molecule has 134 valence electrons. The second kappa shape index (κ2) is 8.45. The van der Waals surface area contributed by atoms with Crippen LogP contribution < -0.4 is 5.32 Å². The Morgan fingerprint density at radius 1 is 1.21 bits per heavy atom. The van der Waals surface area contributed by atoms with Gasteiger partial charge in [0.05, 0.1) is 10.5 Å². The molecule has 1 aromatic rings. The van der Waals surface area contributed by atoms with Gasteiger partial charge in [0.25, 0.3) is 5.91 Å². The molecular weight excluding hydrogens is 392 g/mol. The van der Waals surface area contributed by atoms with Crippen LogP contribution in [0.2, 0.25) is 0 Å². The van der Waals surface area contributed by atoms with E-state index in [-0.39, 0.29) is 16.8 Å². The minimum absolute atomic E-state index is 0.156. The van der Waals surface area contributed by atoms with E-state index in [9.17, 15) is 13.2 Å². The Morgan fingerprint density at radius 3 is 2.42 bits per heavy atom. The number of benzene rings is 1. The molecule has 24 heavy (non-hydrogen) atoms. The molecule has 0 unspecified atom stereocenters. The molecule has 1 saturated carbocycles. The van der Waals surface area contributed by atoms with Crippen molar-refractivity contribution in [3.8, 4) is 0 Å². The van der Waals surface area contributed by atoms with Crippen LogP contribution in [0.1, 0.15) is 56.3 Å². The van der Waals surface area contributed by atoms with E-state index in [0.717, 1.165) is 25.7 Å². The van der Waals surface area contributed by atoms with E-state index in [1.807, 2.05) is 0 Å². The summed E-state index contributed by atoms with van der Waals surface area (Å²) in [7, 11) is -3.57. The number of hydrogen-bond acceptors (Lipinski definition) is 3. The second-order valence-corrected chi connectivity index (χ2v) is 8.83. The van der Waals surface area contributed by atoms with Gasteiger partial charge in [0.2, 0.25) is 10.0 Å². The number of carbonyl (C=O) groups excluding carboxylic acids is 1. The number of rotatable bonds is 6. The highest BCUT2D eigenvalue weighted by molar-refractivity contribution is 9.10. The average molecular weight is 417 g/mol. The quantitative estimate of drug-likeness (QED) is 0.770. The molecule has 1 N–H and O–H groups in total. The molecule has 0 aliphatic heterocycles. The molecule has 1 amide bonds. The Balaban J connectivity index is 2.26. The molecule has 0 atom stereocenters. The number of nitrogens with one attached hydrogen (secondary N) is 1.